The number of esters is 1. The molecule has 0 aliphatic carbocycles. The van der Waals surface area contributed by atoms with Crippen LogP contribution in [-0.2, 0) is 9.53 Å². The van der Waals surface area contributed by atoms with Crippen LogP contribution in [-0.4, -0.2) is 24.3 Å². The number of para-hydroxylation sites is 1. The molecule has 2 aromatic heterocycles. The number of fused-ring (bicyclic) bond motifs is 1. The summed E-state index contributed by atoms with van der Waals surface area (Å²) in [4.78, 5) is 31.5. The summed E-state index contributed by atoms with van der Waals surface area (Å²) in [5, 5.41) is 0. The molecule has 0 fully saturated rings. The van der Waals surface area contributed by atoms with Crippen molar-refractivity contribution in [3.05, 3.63) is 80.9 Å². The van der Waals surface area contributed by atoms with Gasteiger partial charge in [0.1, 0.15) is 17.6 Å². The van der Waals surface area contributed by atoms with Crippen molar-refractivity contribution in [3.63, 3.8) is 0 Å². The van der Waals surface area contributed by atoms with Crippen molar-refractivity contribution in [3.8, 4) is 5.75 Å². The predicted octanol–water partition coefficient (Wildman–Crippen LogP) is 3.77. The molecule has 32 heavy (non-hydrogen) atoms. The molecule has 3 heterocycles. The zero-order valence-electron chi connectivity index (χ0n) is 17.3. The Morgan fingerprint density at radius 3 is 2.81 bits per heavy atom. The molecule has 3 aromatic rings. The third-order valence-electron chi connectivity index (χ3n) is 4.89. The molecule has 1 aromatic carbocycles. The van der Waals surface area contributed by atoms with Crippen molar-refractivity contribution in [1.29, 1.82) is 0 Å². The van der Waals surface area contributed by atoms with Crippen LogP contribution in [0.1, 0.15) is 31.2 Å². The molecule has 1 aliphatic rings. The van der Waals surface area contributed by atoms with Crippen molar-refractivity contribution in [1.82, 2.24) is 4.57 Å². The Hall–Kier alpha value is -2.18. The van der Waals surface area contributed by atoms with E-state index in [-0.39, 0.29) is 12.2 Å². The van der Waals surface area contributed by atoms with Crippen molar-refractivity contribution in [2.75, 3.05) is 13.7 Å². The summed E-state index contributed by atoms with van der Waals surface area (Å²) in [6, 6.07) is 8.38. The van der Waals surface area contributed by atoms with Crippen LogP contribution in [0, 0.1) is 3.77 Å². The topological polar surface area (TPSA) is 83.0 Å². The van der Waals surface area contributed by atoms with E-state index >= 15 is 0 Å². The number of hydrogen-bond acceptors (Lipinski definition) is 7. The van der Waals surface area contributed by atoms with Crippen LogP contribution in [0.5, 0.6) is 5.75 Å². The van der Waals surface area contributed by atoms with E-state index < -0.39 is 12.0 Å². The second kappa shape index (κ2) is 9.36. The zero-order valence-corrected chi connectivity index (χ0v) is 21.9. The lowest BCUT2D eigenvalue weighted by Gasteiger charge is -2.25. The van der Waals surface area contributed by atoms with E-state index in [1.807, 2.05) is 18.2 Å². The lowest BCUT2D eigenvalue weighted by Crippen LogP contribution is -2.40. The molecule has 1 aliphatic heterocycles. The van der Waals surface area contributed by atoms with Crippen LogP contribution in [0.4, 0.5) is 0 Å². The second-order valence-corrected chi connectivity index (χ2v) is 9.66. The third-order valence-corrected chi connectivity index (χ3v) is 8.00. The van der Waals surface area contributed by atoms with Crippen LogP contribution in [0.2, 0.25) is 0 Å². The van der Waals surface area contributed by atoms with Gasteiger partial charge in [0.15, 0.2) is 8.57 Å². The van der Waals surface area contributed by atoms with Gasteiger partial charge in [-0.3, -0.25) is 9.36 Å². The quantitative estimate of drug-likeness (QED) is 0.317. The van der Waals surface area contributed by atoms with E-state index in [2.05, 4.69) is 43.5 Å². The Morgan fingerprint density at radius 1 is 1.41 bits per heavy atom. The number of carbonyl (C=O) groups is 1. The first-order valence-corrected chi connectivity index (χ1v) is 12.3. The average Bonchev–Trinajstić information content (AvgIpc) is 3.24. The number of halogens is 2. The molecule has 7 nitrogen and oxygen atoms in total. The largest absolute Gasteiger partial charge is 0.496 e. The molecule has 1 atom stereocenters. The van der Waals surface area contributed by atoms with E-state index in [9.17, 15) is 9.59 Å². The average molecular weight is 629 g/mol. The first-order chi connectivity index (χ1) is 15.3. The third kappa shape index (κ3) is 4.11. The van der Waals surface area contributed by atoms with E-state index in [0.29, 0.717) is 41.4 Å². The van der Waals surface area contributed by atoms with Gasteiger partial charge >= 0.3 is 5.97 Å². The molecule has 10 heteroatoms. The smallest absolute Gasteiger partial charge is 0.338 e. The first-order valence-electron chi connectivity index (χ1n) is 9.63. The first kappa shape index (κ1) is 23.0. The minimum Gasteiger partial charge on any atom is -0.496 e. The van der Waals surface area contributed by atoms with Crippen LogP contribution >= 0.6 is 49.9 Å². The van der Waals surface area contributed by atoms with E-state index in [1.165, 1.54) is 15.9 Å². The molecule has 4 rings (SSSR count). The Bertz CT molecular complexity index is 1400. The number of aromatic nitrogens is 1. The molecule has 0 spiro atoms. The monoisotopic (exact) mass is 628 g/mol. The Labute approximate surface area is 209 Å². The minimum absolute atomic E-state index is 0.213. The van der Waals surface area contributed by atoms with Gasteiger partial charge in [-0.25, -0.2) is 9.79 Å². The summed E-state index contributed by atoms with van der Waals surface area (Å²) in [5.41, 5.74) is 1.21. The maximum atomic E-state index is 13.5. The fourth-order valence-corrected chi connectivity index (χ4v) is 5.28. The van der Waals surface area contributed by atoms with Crippen LogP contribution < -0.4 is 19.6 Å². The van der Waals surface area contributed by atoms with E-state index in [0.717, 1.165) is 4.47 Å². The van der Waals surface area contributed by atoms with Gasteiger partial charge in [-0.05, 0) is 41.9 Å². The Balaban J connectivity index is 1.99. The molecular weight excluding hydrogens is 611 g/mol. The molecule has 0 unspecified atom stereocenters. The summed E-state index contributed by atoms with van der Waals surface area (Å²) >= 11 is 6.72. The highest BCUT2D eigenvalue weighted by Crippen LogP contribution is 2.35. The van der Waals surface area contributed by atoms with Gasteiger partial charge in [-0.2, -0.15) is 0 Å². The SMILES string of the molecule is CCOC(=O)C1=C(C)N=c2s/c(=C/c3cc(Br)c(I)o3)c(=O)n2[C@H]1c1ccccc1OC. The van der Waals surface area contributed by atoms with Crippen molar-refractivity contribution in [2.24, 2.45) is 4.99 Å². The Morgan fingerprint density at radius 2 is 2.16 bits per heavy atom. The van der Waals surface area contributed by atoms with E-state index in [1.54, 1.807) is 39.2 Å². The van der Waals surface area contributed by atoms with Crippen LogP contribution in [0.3, 0.4) is 0 Å². The number of benzene rings is 1. The van der Waals surface area contributed by atoms with Crippen LogP contribution in [0.25, 0.3) is 6.08 Å². The number of nitrogens with zero attached hydrogens (tertiary/aromatic N) is 2. The number of carbonyl (C=O) groups excluding carboxylic acids is 1. The molecule has 0 N–H and O–H groups in total. The fourth-order valence-electron chi connectivity index (χ4n) is 3.54. The number of furan rings is 1. The Kier molecular flexibility index (Phi) is 6.72. The van der Waals surface area contributed by atoms with Gasteiger partial charge in [0.2, 0.25) is 0 Å². The van der Waals surface area contributed by atoms with E-state index in [4.69, 9.17) is 13.9 Å². The minimum atomic E-state index is -0.730. The summed E-state index contributed by atoms with van der Waals surface area (Å²) in [6.07, 6.45) is 1.68. The molecule has 0 bridgehead atoms. The second-order valence-electron chi connectivity index (χ2n) is 6.81. The summed E-state index contributed by atoms with van der Waals surface area (Å²) < 4.78 is 20.0. The normalized spacial score (nSPS) is 16.0. The number of ether oxygens (including phenoxy) is 2. The maximum absolute atomic E-state index is 13.5. The highest BCUT2D eigenvalue weighted by atomic mass is 127. The number of thiazole rings is 1. The molecule has 0 saturated heterocycles. The van der Waals surface area contributed by atoms with Gasteiger partial charge in [-0.1, -0.05) is 29.5 Å². The standard InChI is InChI=1S/C22H18BrIN2O5S/c1-4-30-21(28)17-11(2)25-22-26(18(17)13-7-5-6-8-15(13)29-3)20(27)16(32-22)10-12-9-14(23)19(24)31-12/h5-10,18H,4H2,1-3H3/b16-10+/t18-/m0/s1. The van der Waals surface area contributed by atoms with Crippen molar-refractivity contribution in [2.45, 2.75) is 19.9 Å². The van der Waals surface area contributed by atoms with Gasteiger partial charge < -0.3 is 13.9 Å². The number of methoxy groups -OCH3 is 1. The number of rotatable bonds is 5. The summed E-state index contributed by atoms with van der Waals surface area (Å²) in [6.45, 7) is 3.70. The van der Waals surface area contributed by atoms with Crippen LogP contribution in [0.15, 0.2) is 60.3 Å². The molecule has 0 amide bonds. The predicted molar refractivity (Wildman–Crippen MR) is 133 cm³/mol. The lowest BCUT2D eigenvalue weighted by molar-refractivity contribution is -0.139. The lowest BCUT2D eigenvalue weighted by atomic mass is 9.95. The van der Waals surface area contributed by atoms with Gasteiger partial charge in [0, 0.05) is 34.2 Å². The van der Waals surface area contributed by atoms with Crippen molar-refractivity contribution < 1.29 is 18.7 Å². The van der Waals surface area contributed by atoms with Gasteiger partial charge in [-0.15, -0.1) is 0 Å². The summed E-state index contributed by atoms with van der Waals surface area (Å²) in [5.74, 6) is 0.596. The zero-order chi connectivity index (χ0) is 23.0. The fraction of sp³-hybridized carbons (Fsp3) is 0.227. The highest BCUT2D eigenvalue weighted by Gasteiger charge is 2.34. The van der Waals surface area contributed by atoms with Crippen molar-refractivity contribution >= 4 is 61.9 Å². The van der Waals surface area contributed by atoms with Gasteiger partial charge in [0.25, 0.3) is 5.56 Å². The number of allylic oxidation sites excluding steroid dienone is 1. The molecular formula is C22H18BrIN2O5S. The van der Waals surface area contributed by atoms with Gasteiger partial charge in [0.05, 0.1) is 34.0 Å². The highest BCUT2D eigenvalue weighted by molar-refractivity contribution is 14.1. The maximum Gasteiger partial charge on any atom is 0.338 e. The molecule has 0 saturated carbocycles. The summed E-state index contributed by atoms with van der Waals surface area (Å²) in [7, 11) is 1.56. The molecule has 166 valence electrons. The number of hydrogen-bond donors (Lipinski definition) is 0. The molecule has 0 radical (unpaired) electrons.